The number of rotatable bonds is 4. The van der Waals surface area contributed by atoms with Gasteiger partial charge in [-0.05, 0) is 12.1 Å². The molecule has 1 fully saturated rings. The summed E-state index contributed by atoms with van der Waals surface area (Å²) in [5, 5.41) is 8.82. The molecule has 0 unspecified atom stereocenters. The van der Waals surface area contributed by atoms with Crippen molar-refractivity contribution in [1.29, 1.82) is 0 Å². The smallest absolute Gasteiger partial charge is 0.337 e. The van der Waals surface area contributed by atoms with Crippen LogP contribution in [0.2, 0.25) is 0 Å². The zero-order chi connectivity index (χ0) is 19.3. The summed E-state index contributed by atoms with van der Waals surface area (Å²) in [6.07, 6.45) is 1.05. The lowest BCUT2D eigenvalue weighted by molar-refractivity contribution is 0.0383. The number of aromatic nitrogens is 1. The van der Waals surface area contributed by atoms with Crippen LogP contribution in [0.4, 0.5) is 0 Å². The van der Waals surface area contributed by atoms with E-state index in [0.29, 0.717) is 10.6 Å². The van der Waals surface area contributed by atoms with Gasteiger partial charge in [0.2, 0.25) is 0 Å². The van der Waals surface area contributed by atoms with Crippen LogP contribution in [0.15, 0.2) is 18.3 Å². The largest absolute Gasteiger partial charge is 0.478 e. The molecule has 0 aliphatic carbocycles. The van der Waals surface area contributed by atoms with Gasteiger partial charge >= 0.3 is 5.97 Å². The third-order valence-corrected chi connectivity index (χ3v) is 2.13. The fourth-order valence-corrected chi connectivity index (χ4v) is 1.25. The summed E-state index contributed by atoms with van der Waals surface area (Å²) in [4.78, 5) is 15.1. The maximum atomic E-state index is 10.8. The molecule has 5 nitrogen and oxygen atoms in total. The normalized spacial score (nSPS) is 35.8. The number of carboxylic acid groups (broad SMARTS) is 1. The van der Waals surface area contributed by atoms with Crippen molar-refractivity contribution in [1.82, 2.24) is 9.88 Å². The van der Waals surface area contributed by atoms with Crippen molar-refractivity contribution in [3.8, 4) is 0 Å². The van der Waals surface area contributed by atoms with E-state index in [4.69, 9.17) is 16.1 Å². The second kappa shape index (κ2) is 5.75. The van der Waals surface area contributed by atoms with Crippen molar-refractivity contribution in [2.75, 3.05) is 32.7 Å². The second-order valence-corrected chi connectivity index (χ2v) is 3.27. The zero-order valence-electron chi connectivity index (χ0n) is 16.8. The first-order chi connectivity index (χ1) is 11.2. The summed E-state index contributed by atoms with van der Waals surface area (Å²) in [7, 11) is 0. The van der Waals surface area contributed by atoms with E-state index in [0.717, 1.165) is 6.20 Å². The molecule has 1 aromatic heterocycles. The molecule has 5 heteroatoms. The second-order valence-electron chi connectivity index (χ2n) is 3.27. The number of hydrogen-bond acceptors (Lipinski definition) is 4. The standard InChI is InChI=1S/C12H16N2O3/c15-12(16)10-1-2-11(13-9-10)3-4-14-5-7-17-8-6-14/h1-2,9H,3-8H2,(H,15,16)/i5D2,6D2,7D2,8D2. The summed E-state index contributed by atoms with van der Waals surface area (Å²) >= 11 is 0. The van der Waals surface area contributed by atoms with Gasteiger partial charge in [-0.1, -0.05) is 0 Å². The van der Waals surface area contributed by atoms with Crippen molar-refractivity contribution in [2.45, 2.75) is 6.42 Å². The lowest BCUT2D eigenvalue weighted by Crippen LogP contribution is -2.37. The molecule has 0 bridgehead atoms. The highest BCUT2D eigenvalue weighted by molar-refractivity contribution is 5.87. The van der Waals surface area contributed by atoms with Gasteiger partial charge < -0.3 is 9.84 Å². The van der Waals surface area contributed by atoms with Gasteiger partial charge in [0.05, 0.1) is 24.2 Å². The SMILES string of the molecule is [2H]C1([2H])OC([2H])([2H])C([2H])([2H])N(CCc2ccc(C(=O)O)cn2)C1([2H])[2H]. The molecule has 1 aromatic rings. The Hall–Kier alpha value is -1.46. The number of nitrogens with zero attached hydrogens (tertiary/aromatic N) is 2. The first-order valence-electron chi connectivity index (χ1n) is 8.88. The molecule has 17 heavy (non-hydrogen) atoms. The minimum Gasteiger partial charge on any atom is -0.478 e. The lowest BCUT2D eigenvalue weighted by atomic mass is 10.2. The molecule has 0 spiro atoms. The summed E-state index contributed by atoms with van der Waals surface area (Å²) in [6.45, 7) is -12.4. The fourth-order valence-electron chi connectivity index (χ4n) is 1.25. The highest BCUT2D eigenvalue weighted by Gasteiger charge is 2.10. The van der Waals surface area contributed by atoms with E-state index in [1.54, 1.807) is 0 Å². The van der Waals surface area contributed by atoms with Crippen LogP contribution in [0.25, 0.3) is 0 Å². The summed E-state index contributed by atoms with van der Waals surface area (Å²) in [5.74, 6) is -1.17. The molecular formula is C12H16N2O3. The van der Waals surface area contributed by atoms with Crippen molar-refractivity contribution in [2.24, 2.45) is 0 Å². The molecule has 0 saturated carbocycles. The van der Waals surface area contributed by atoms with Crippen molar-refractivity contribution < 1.29 is 25.6 Å². The van der Waals surface area contributed by atoms with Gasteiger partial charge in [0.15, 0.2) is 0 Å². The summed E-state index contributed by atoms with van der Waals surface area (Å²) in [6, 6.07) is 2.66. The van der Waals surface area contributed by atoms with Crippen LogP contribution in [-0.4, -0.2) is 53.6 Å². The molecule has 1 aliphatic rings. The molecule has 2 heterocycles. The van der Waals surface area contributed by atoms with Gasteiger partial charge in [0.1, 0.15) is 0 Å². The Morgan fingerprint density at radius 1 is 1.53 bits per heavy atom. The zero-order valence-corrected chi connectivity index (χ0v) is 8.80. The lowest BCUT2D eigenvalue weighted by Gasteiger charge is -2.26. The van der Waals surface area contributed by atoms with Gasteiger partial charge in [-0.3, -0.25) is 9.88 Å². The minimum atomic E-state index is -3.08. The number of carbonyl (C=O) groups is 1. The Labute approximate surface area is 111 Å². The van der Waals surface area contributed by atoms with Crippen LogP contribution in [-0.2, 0) is 11.2 Å². The third-order valence-electron chi connectivity index (χ3n) is 2.13. The molecule has 92 valence electrons. The molecule has 1 saturated heterocycles. The van der Waals surface area contributed by atoms with E-state index in [-0.39, 0.29) is 12.0 Å². The van der Waals surface area contributed by atoms with Crippen LogP contribution in [0, 0.1) is 0 Å². The average molecular weight is 244 g/mol. The van der Waals surface area contributed by atoms with E-state index in [9.17, 15) is 4.79 Å². The van der Waals surface area contributed by atoms with Crippen LogP contribution in [0.1, 0.15) is 27.0 Å². The Balaban J connectivity index is 2.26. The Bertz CT molecular complexity index is 639. The highest BCUT2D eigenvalue weighted by atomic mass is 16.5. The average Bonchev–Trinajstić information content (AvgIpc) is 2.45. The fraction of sp³-hybridized carbons (Fsp3) is 0.500. The molecular weight excluding hydrogens is 220 g/mol. The molecule has 1 aliphatic heterocycles. The topological polar surface area (TPSA) is 62.7 Å². The van der Waals surface area contributed by atoms with E-state index in [1.165, 1.54) is 12.1 Å². The van der Waals surface area contributed by atoms with Crippen molar-refractivity contribution >= 4 is 5.97 Å². The molecule has 0 aromatic carbocycles. The number of ether oxygens (including phenoxy) is 1. The molecule has 2 rings (SSSR count). The van der Waals surface area contributed by atoms with Crippen LogP contribution >= 0.6 is 0 Å². The van der Waals surface area contributed by atoms with Crippen LogP contribution in [0.5, 0.6) is 0 Å². The Morgan fingerprint density at radius 2 is 2.29 bits per heavy atom. The quantitative estimate of drug-likeness (QED) is 0.842. The predicted octanol–water partition coefficient (Wildman–Crippen LogP) is 0.655. The summed E-state index contributed by atoms with van der Waals surface area (Å²) in [5.41, 5.74) is 0.276. The number of pyridine rings is 1. The Kier molecular flexibility index (Phi) is 1.84. The Morgan fingerprint density at radius 3 is 2.88 bits per heavy atom. The van der Waals surface area contributed by atoms with Crippen LogP contribution in [0.3, 0.4) is 0 Å². The van der Waals surface area contributed by atoms with Gasteiger partial charge in [0, 0.05) is 43.3 Å². The molecule has 0 amide bonds. The maximum absolute atomic E-state index is 10.8. The highest BCUT2D eigenvalue weighted by Crippen LogP contribution is 2.03. The van der Waals surface area contributed by atoms with Gasteiger partial charge in [-0.25, -0.2) is 4.79 Å². The monoisotopic (exact) mass is 244 g/mol. The molecule has 0 radical (unpaired) electrons. The van der Waals surface area contributed by atoms with Gasteiger partial charge in [0.25, 0.3) is 0 Å². The molecule has 1 N–H and O–H groups in total. The third kappa shape index (κ3) is 3.51. The van der Waals surface area contributed by atoms with E-state index in [2.05, 4.69) is 9.72 Å². The number of morpholine rings is 1. The van der Waals surface area contributed by atoms with Gasteiger partial charge in [-0.15, -0.1) is 0 Å². The van der Waals surface area contributed by atoms with E-state index in [1.807, 2.05) is 0 Å². The maximum Gasteiger partial charge on any atom is 0.337 e. The van der Waals surface area contributed by atoms with Crippen LogP contribution < -0.4 is 0 Å². The van der Waals surface area contributed by atoms with E-state index >= 15 is 0 Å². The minimum absolute atomic E-state index is 0.0477. The van der Waals surface area contributed by atoms with E-state index < -0.39 is 38.6 Å². The van der Waals surface area contributed by atoms with Crippen molar-refractivity contribution in [3.63, 3.8) is 0 Å². The number of hydrogen-bond donors (Lipinski definition) is 1. The number of carboxylic acids is 1. The predicted molar refractivity (Wildman–Crippen MR) is 62.2 cm³/mol. The molecule has 0 atom stereocenters. The first-order valence-corrected chi connectivity index (χ1v) is 4.88. The number of aromatic carboxylic acids is 1. The first kappa shape index (κ1) is 5.46. The van der Waals surface area contributed by atoms with Crippen molar-refractivity contribution in [3.05, 3.63) is 29.6 Å². The summed E-state index contributed by atoms with van der Waals surface area (Å²) < 4.78 is 66.2. The van der Waals surface area contributed by atoms with Gasteiger partial charge in [-0.2, -0.15) is 0 Å².